The van der Waals surface area contributed by atoms with E-state index in [9.17, 15) is 18.0 Å². The quantitative estimate of drug-likeness (QED) is 0.562. The normalized spacial score (nSPS) is 13.5. The number of carbonyl (C=O) groups is 2. The fraction of sp³-hybridized carbons (Fsp3) is 0.579. The highest BCUT2D eigenvalue weighted by Gasteiger charge is 2.23. The summed E-state index contributed by atoms with van der Waals surface area (Å²) in [4.78, 5) is 25.0. The average Bonchev–Trinajstić information content (AvgIpc) is 2.52. The summed E-state index contributed by atoms with van der Waals surface area (Å²) in [5, 5.41) is 5.58. The molecule has 0 radical (unpaired) electrons. The lowest BCUT2D eigenvalue weighted by Crippen LogP contribution is -3.11. The fourth-order valence-electron chi connectivity index (χ4n) is 2.43. The van der Waals surface area contributed by atoms with Gasteiger partial charge in [-0.2, -0.15) is 4.31 Å². The van der Waals surface area contributed by atoms with E-state index in [1.54, 1.807) is 33.0 Å². The maximum atomic E-state index is 12.5. The van der Waals surface area contributed by atoms with E-state index in [1.165, 1.54) is 23.5 Å². The van der Waals surface area contributed by atoms with Crippen LogP contribution >= 0.6 is 0 Å². The Labute approximate surface area is 168 Å². The molecule has 1 aromatic rings. The van der Waals surface area contributed by atoms with Gasteiger partial charge in [0.05, 0.1) is 11.9 Å². The van der Waals surface area contributed by atoms with Crippen LogP contribution in [0.2, 0.25) is 0 Å². The van der Waals surface area contributed by atoms with Crippen LogP contribution in [0.25, 0.3) is 0 Å². The Morgan fingerprint density at radius 3 is 2.04 bits per heavy atom. The van der Waals surface area contributed by atoms with E-state index < -0.39 is 10.0 Å². The smallest absolute Gasteiger partial charge is 0.279 e. The average molecular weight is 414 g/mol. The molecule has 2 amide bonds. The number of anilines is 1. The molecule has 1 unspecified atom stereocenters. The first kappa shape index (κ1) is 24.1. The first-order valence-electron chi connectivity index (χ1n) is 9.22. The minimum absolute atomic E-state index is 0.119. The third-order valence-corrected chi connectivity index (χ3v) is 6.03. The van der Waals surface area contributed by atoms with Crippen LogP contribution in [0.4, 0.5) is 5.69 Å². The first-order chi connectivity index (χ1) is 12.7. The van der Waals surface area contributed by atoms with Crippen molar-refractivity contribution in [3.05, 3.63) is 24.3 Å². The molecule has 28 heavy (non-hydrogen) atoms. The molecular formula is C19H33N4O4S+. The van der Waals surface area contributed by atoms with E-state index in [0.29, 0.717) is 5.69 Å². The molecule has 0 bridgehead atoms. The Morgan fingerprint density at radius 1 is 1.07 bits per heavy atom. The van der Waals surface area contributed by atoms with Crippen molar-refractivity contribution in [3.8, 4) is 0 Å². The number of nitrogens with zero attached hydrogens (tertiary/aromatic N) is 1. The molecule has 0 fully saturated rings. The predicted molar refractivity (Wildman–Crippen MR) is 110 cm³/mol. The van der Waals surface area contributed by atoms with Crippen LogP contribution in [0.3, 0.4) is 0 Å². The van der Waals surface area contributed by atoms with Gasteiger partial charge < -0.3 is 15.5 Å². The van der Waals surface area contributed by atoms with Gasteiger partial charge >= 0.3 is 0 Å². The van der Waals surface area contributed by atoms with Gasteiger partial charge in [0.1, 0.15) is 0 Å². The molecular weight excluding hydrogens is 380 g/mol. The molecule has 3 N–H and O–H groups in total. The summed E-state index contributed by atoms with van der Waals surface area (Å²) in [6, 6.07) is 5.90. The fourth-order valence-corrected chi connectivity index (χ4v) is 3.80. The van der Waals surface area contributed by atoms with Crippen LogP contribution in [0.15, 0.2) is 29.2 Å². The van der Waals surface area contributed by atoms with Crippen LogP contribution in [-0.2, 0) is 19.6 Å². The summed E-state index contributed by atoms with van der Waals surface area (Å²) in [5.74, 6) is -0.377. The lowest BCUT2D eigenvalue weighted by atomic mass is 10.1. The van der Waals surface area contributed by atoms with Crippen molar-refractivity contribution < 1.29 is 22.9 Å². The lowest BCUT2D eigenvalue weighted by Gasteiger charge is -2.22. The van der Waals surface area contributed by atoms with Crippen molar-refractivity contribution in [2.24, 2.45) is 0 Å². The molecule has 0 aromatic heterocycles. The molecule has 0 saturated heterocycles. The Morgan fingerprint density at radius 2 is 1.57 bits per heavy atom. The summed E-state index contributed by atoms with van der Waals surface area (Å²) >= 11 is 0. The molecule has 0 heterocycles. The second-order valence-corrected chi connectivity index (χ2v) is 10.3. The zero-order valence-corrected chi connectivity index (χ0v) is 18.6. The van der Waals surface area contributed by atoms with Gasteiger partial charge in [-0.1, -0.05) is 0 Å². The molecule has 1 aromatic carbocycles. The van der Waals surface area contributed by atoms with Gasteiger partial charge in [-0.3, -0.25) is 9.59 Å². The minimum Gasteiger partial charge on any atom is -0.347 e. The Hall–Kier alpha value is -1.97. The number of amides is 2. The van der Waals surface area contributed by atoms with Crippen molar-refractivity contribution in [1.29, 1.82) is 0 Å². The number of hydrogen-bond acceptors (Lipinski definition) is 4. The monoisotopic (exact) mass is 413 g/mol. The van der Waals surface area contributed by atoms with E-state index in [2.05, 4.69) is 10.6 Å². The highest BCUT2D eigenvalue weighted by Crippen LogP contribution is 2.18. The molecule has 8 nitrogen and oxygen atoms in total. The topological polar surface area (TPSA) is 100 Å². The Bertz CT molecular complexity index is 783. The van der Waals surface area contributed by atoms with Crippen LogP contribution < -0.4 is 15.5 Å². The van der Waals surface area contributed by atoms with Crippen molar-refractivity contribution in [3.63, 3.8) is 0 Å². The SMILES string of the molecule is CC(C)N(C)S(=O)(=O)c1ccc(NC(=O)C[NH+](C)CC(=O)NC(C)(C)C)cc1. The second-order valence-electron chi connectivity index (χ2n) is 8.30. The van der Waals surface area contributed by atoms with Crippen molar-refractivity contribution >= 4 is 27.5 Å². The summed E-state index contributed by atoms with van der Waals surface area (Å²) in [7, 11) is -0.264. The number of sulfonamides is 1. The van der Waals surface area contributed by atoms with Crippen molar-refractivity contribution in [2.45, 2.75) is 51.1 Å². The van der Waals surface area contributed by atoms with E-state index in [-0.39, 0.29) is 41.4 Å². The number of quaternary nitrogens is 1. The molecule has 0 aliphatic carbocycles. The number of hydrogen-bond donors (Lipinski definition) is 3. The van der Waals surface area contributed by atoms with E-state index >= 15 is 0 Å². The third-order valence-electron chi connectivity index (χ3n) is 3.98. The van der Waals surface area contributed by atoms with Gasteiger partial charge in [-0.15, -0.1) is 0 Å². The van der Waals surface area contributed by atoms with Gasteiger partial charge in [-0.25, -0.2) is 8.42 Å². The maximum absolute atomic E-state index is 12.5. The second kappa shape index (κ2) is 9.49. The summed E-state index contributed by atoms with van der Waals surface area (Å²) < 4.78 is 26.2. The van der Waals surface area contributed by atoms with Gasteiger partial charge in [0.2, 0.25) is 10.0 Å². The molecule has 158 valence electrons. The summed E-state index contributed by atoms with van der Waals surface area (Å²) in [6.07, 6.45) is 0. The standard InChI is InChI=1S/C19H32N4O4S/c1-14(2)23(7)28(26,27)16-10-8-15(9-11-16)20-17(24)12-22(6)13-18(25)21-19(3,4)5/h8-11,14H,12-13H2,1-7H3,(H,20,24)(H,21,25)/p+1. The van der Waals surface area contributed by atoms with Gasteiger partial charge in [0.15, 0.2) is 13.1 Å². The molecule has 9 heteroatoms. The molecule has 1 rings (SSSR count). The largest absolute Gasteiger partial charge is 0.347 e. The van der Waals surface area contributed by atoms with E-state index in [1.807, 2.05) is 20.8 Å². The Kier molecular flexibility index (Phi) is 8.16. The zero-order valence-electron chi connectivity index (χ0n) is 17.8. The third kappa shape index (κ3) is 7.57. The number of benzene rings is 1. The van der Waals surface area contributed by atoms with Gasteiger partial charge in [0, 0.05) is 24.3 Å². The van der Waals surface area contributed by atoms with Gasteiger partial charge in [-0.05, 0) is 58.9 Å². The van der Waals surface area contributed by atoms with Gasteiger partial charge in [0.25, 0.3) is 11.8 Å². The van der Waals surface area contributed by atoms with Crippen LogP contribution in [0.1, 0.15) is 34.6 Å². The highest BCUT2D eigenvalue weighted by molar-refractivity contribution is 7.89. The first-order valence-corrected chi connectivity index (χ1v) is 10.7. The number of rotatable bonds is 8. The van der Waals surface area contributed by atoms with Crippen molar-refractivity contribution in [1.82, 2.24) is 9.62 Å². The van der Waals surface area contributed by atoms with Crippen LogP contribution in [-0.4, -0.2) is 63.3 Å². The van der Waals surface area contributed by atoms with Crippen LogP contribution in [0, 0.1) is 0 Å². The van der Waals surface area contributed by atoms with E-state index in [4.69, 9.17) is 0 Å². The number of carbonyl (C=O) groups excluding carboxylic acids is 2. The van der Waals surface area contributed by atoms with Crippen molar-refractivity contribution in [2.75, 3.05) is 32.5 Å². The lowest BCUT2D eigenvalue weighted by molar-refractivity contribution is -0.862. The summed E-state index contributed by atoms with van der Waals surface area (Å²) in [5.41, 5.74) is 0.189. The molecule has 0 spiro atoms. The molecule has 0 aliphatic rings. The summed E-state index contributed by atoms with van der Waals surface area (Å²) in [6.45, 7) is 9.60. The van der Waals surface area contributed by atoms with Crippen LogP contribution in [0.5, 0.6) is 0 Å². The highest BCUT2D eigenvalue weighted by atomic mass is 32.2. The molecule has 0 aliphatic heterocycles. The van der Waals surface area contributed by atoms with E-state index in [0.717, 1.165) is 4.90 Å². The maximum Gasteiger partial charge on any atom is 0.279 e. The number of likely N-dealkylation sites (N-methyl/N-ethyl adjacent to an activating group) is 1. The Balaban J connectivity index is 2.65. The number of nitrogens with one attached hydrogen (secondary N) is 3. The molecule has 0 saturated carbocycles. The molecule has 1 atom stereocenters. The minimum atomic E-state index is -3.56. The predicted octanol–water partition coefficient (Wildman–Crippen LogP) is 0.0834. The zero-order chi connectivity index (χ0) is 21.7.